The zero-order chi connectivity index (χ0) is 22.3. The summed E-state index contributed by atoms with van der Waals surface area (Å²) in [5.41, 5.74) is 0.812. The molecule has 0 unspecified atom stereocenters. The standard InChI is InChI=1S/C21H21F3N6O2/c22-16-2-1-14(26-20(31)29-6-4-21(23,24)13-29)11-15(16)17-3-5-30-18(12-25-19(30)27-17)28-7-9-32-10-8-28/h1-3,5,11-12H,4,6-10,13H2,(H,26,31). The third-order valence-corrected chi connectivity index (χ3v) is 5.65. The van der Waals surface area contributed by atoms with Gasteiger partial charge in [-0.05, 0) is 24.3 Å². The number of benzene rings is 1. The number of hydrogen-bond acceptors (Lipinski definition) is 5. The van der Waals surface area contributed by atoms with Crippen molar-refractivity contribution in [2.24, 2.45) is 0 Å². The lowest BCUT2D eigenvalue weighted by atomic mass is 10.1. The van der Waals surface area contributed by atoms with E-state index >= 15 is 0 Å². The number of nitrogens with one attached hydrogen (secondary N) is 1. The van der Waals surface area contributed by atoms with E-state index in [-0.39, 0.29) is 18.5 Å². The van der Waals surface area contributed by atoms with Gasteiger partial charge in [0.1, 0.15) is 11.6 Å². The SMILES string of the molecule is O=C(Nc1ccc(F)c(-c2ccn3c(N4CCOCC4)cnc3n2)c1)N1CCC(F)(F)C1. The second-order valence-corrected chi connectivity index (χ2v) is 7.85. The number of rotatable bonds is 3. The lowest BCUT2D eigenvalue weighted by Crippen LogP contribution is -2.36. The summed E-state index contributed by atoms with van der Waals surface area (Å²) in [7, 11) is 0. The first-order valence-corrected chi connectivity index (χ1v) is 10.3. The van der Waals surface area contributed by atoms with E-state index in [0.29, 0.717) is 30.4 Å². The smallest absolute Gasteiger partial charge is 0.322 e. The number of imidazole rings is 1. The van der Waals surface area contributed by atoms with E-state index in [1.54, 1.807) is 18.5 Å². The monoisotopic (exact) mass is 446 g/mol. The van der Waals surface area contributed by atoms with E-state index in [1.165, 1.54) is 18.2 Å². The molecule has 2 fully saturated rings. The molecule has 2 saturated heterocycles. The Hall–Kier alpha value is -3.34. The molecule has 11 heteroatoms. The Labute approximate surface area is 181 Å². The van der Waals surface area contributed by atoms with E-state index < -0.39 is 24.3 Å². The molecule has 0 spiro atoms. The molecule has 1 aromatic carbocycles. The van der Waals surface area contributed by atoms with Crippen LogP contribution in [0.5, 0.6) is 0 Å². The summed E-state index contributed by atoms with van der Waals surface area (Å²) in [6, 6.07) is 5.05. The third-order valence-electron chi connectivity index (χ3n) is 5.65. The molecule has 0 radical (unpaired) electrons. The zero-order valence-electron chi connectivity index (χ0n) is 17.1. The van der Waals surface area contributed by atoms with Crippen LogP contribution in [0.25, 0.3) is 17.0 Å². The Morgan fingerprint density at radius 1 is 1.16 bits per heavy atom. The molecule has 3 aromatic rings. The average molecular weight is 446 g/mol. The second-order valence-electron chi connectivity index (χ2n) is 7.85. The minimum absolute atomic E-state index is 0.0313. The van der Waals surface area contributed by atoms with Gasteiger partial charge < -0.3 is 19.9 Å². The Bertz CT molecular complexity index is 1160. The number of fused-ring (bicyclic) bond motifs is 1. The molecule has 32 heavy (non-hydrogen) atoms. The predicted octanol–water partition coefficient (Wildman–Crippen LogP) is 3.24. The van der Waals surface area contributed by atoms with Crippen LogP contribution in [0.4, 0.5) is 29.5 Å². The number of ether oxygens (including phenoxy) is 1. The number of halogens is 3. The maximum absolute atomic E-state index is 14.6. The first-order chi connectivity index (χ1) is 15.4. The number of carbonyl (C=O) groups is 1. The molecule has 2 aliphatic rings. The Morgan fingerprint density at radius 3 is 2.72 bits per heavy atom. The van der Waals surface area contributed by atoms with Crippen molar-refractivity contribution >= 4 is 23.3 Å². The van der Waals surface area contributed by atoms with Crippen molar-refractivity contribution in [3.8, 4) is 11.3 Å². The summed E-state index contributed by atoms with van der Waals surface area (Å²) >= 11 is 0. The number of amides is 2. The zero-order valence-corrected chi connectivity index (χ0v) is 17.1. The van der Waals surface area contributed by atoms with Gasteiger partial charge in [0.25, 0.3) is 5.92 Å². The molecule has 2 aromatic heterocycles. The first-order valence-electron chi connectivity index (χ1n) is 10.3. The van der Waals surface area contributed by atoms with Crippen molar-refractivity contribution in [2.45, 2.75) is 12.3 Å². The number of aromatic nitrogens is 3. The van der Waals surface area contributed by atoms with Crippen molar-refractivity contribution in [1.29, 1.82) is 0 Å². The molecule has 168 valence electrons. The topological polar surface area (TPSA) is 75.0 Å². The summed E-state index contributed by atoms with van der Waals surface area (Å²) in [6.07, 6.45) is 3.12. The lowest BCUT2D eigenvalue weighted by Gasteiger charge is -2.27. The number of anilines is 2. The van der Waals surface area contributed by atoms with Gasteiger partial charge in [-0.15, -0.1) is 0 Å². The highest BCUT2D eigenvalue weighted by Crippen LogP contribution is 2.29. The van der Waals surface area contributed by atoms with Crippen molar-refractivity contribution in [3.63, 3.8) is 0 Å². The lowest BCUT2D eigenvalue weighted by molar-refractivity contribution is 0.0159. The highest BCUT2D eigenvalue weighted by atomic mass is 19.3. The normalized spacial score (nSPS) is 18.3. The number of nitrogens with zero attached hydrogens (tertiary/aromatic N) is 5. The molecule has 2 aliphatic heterocycles. The van der Waals surface area contributed by atoms with Crippen LogP contribution in [-0.4, -0.2) is 70.6 Å². The highest BCUT2D eigenvalue weighted by Gasteiger charge is 2.40. The molecule has 8 nitrogen and oxygen atoms in total. The van der Waals surface area contributed by atoms with Gasteiger partial charge in [0.05, 0.1) is 31.6 Å². The van der Waals surface area contributed by atoms with E-state index in [4.69, 9.17) is 4.74 Å². The van der Waals surface area contributed by atoms with Crippen LogP contribution in [0.15, 0.2) is 36.7 Å². The van der Waals surface area contributed by atoms with E-state index in [9.17, 15) is 18.0 Å². The fourth-order valence-electron chi connectivity index (χ4n) is 3.95. The maximum Gasteiger partial charge on any atom is 0.322 e. The Kier molecular flexibility index (Phi) is 5.12. The van der Waals surface area contributed by atoms with E-state index in [1.807, 2.05) is 4.40 Å². The van der Waals surface area contributed by atoms with Crippen molar-refractivity contribution in [2.75, 3.05) is 49.6 Å². The molecule has 0 saturated carbocycles. The first kappa shape index (κ1) is 20.6. The number of urea groups is 1. The van der Waals surface area contributed by atoms with Gasteiger partial charge >= 0.3 is 6.03 Å². The van der Waals surface area contributed by atoms with Gasteiger partial charge in [0, 0.05) is 43.5 Å². The number of hydrogen-bond donors (Lipinski definition) is 1. The molecular weight excluding hydrogens is 425 g/mol. The number of carbonyl (C=O) groups excluding carboxylic acids is 1. The molecule has 0 bridgehead atoms. The molecule has 4 heterocycles. The van der Waals surface area contributed by atoms with E-state index in [2.05, 4.69) is 20.2 Å². The quantitative estimate of drug-likeness (QED) is 0.669. The largest absolute Gasteiger partial charge is 0.378 e. The number of morpholine rings is 1. The number of alkyl halides is 2. The summed E-state index contributed by atoms with van der Waals surface area (Å²) in [5.74, 6) is -2.11. The van der Waals surface area contributed by atoms with Crippen molar-refractivity contribution in [1.82, 2.24) is 19.3 Å². The Morgan fingerprint density at radius 2 is 1.97 bits per heavy atom. The van der Waals surface area contributed by atoms with Gasteiger partial charge in [-0.25, -0.2) is 27.9 Å². The van der Waals surface area contributed by atoms with Gasteiger partial charge in [-0.3, -0.25) is 4.40 Å². The molecular formula is C21H21F3N6O2. The maximum atomic E-state index is 14.6. The van der Waals surface area contributed by atoms with Crippen LogP contribution in [-0.2, 0) is 4.74 Å². The van der Waals surface area contributed by atoms with Crippen LogP contribution < -0.4 is 10.2 Å². The minimum Gasteiger partial charge on any atom is -0.378 e. The summed E-state index contributed by atoms with van der Waals surface area (Å²) in [6.45, 7) is 2.10. The molecule has 5 rings (SSSR count). The molecule has 0 aliphatic carbocycles. The molecule has 0 atom stereocenters. The third kappa shape index (κ3) is 3.95. The van der Waals surface area contributed by atoms with Gasteiger partial charge in [0.15, 0.2) is 0 Å². The van der Waals surface area contributed by atoms with Crippen LogP contribution in [0, 0.1) is 5.82 Å². The fraction of sp³-hybridized carbons (Fsp3) is 0.381. The second kappa shape index (κ2) is 7.97. The number of likely N-dealkylation sites (tertiary alicyclic amines) is 1. The highest BCUT2D eigenvalue weighted by molar-refractivity contribution is 5.90. The summed E-state index contributed by atoms with van der Waals surface area (Å²) in [4.78, 5) is 24.3. The van der Waals surface area contributed by atoms with Crippen molar-refractivity contribution < 1.29 is 22.7 Å². The van der Waals surface area contributed by atoms with Gasteiger partial charge in [-0.2, -0.15) is 0 Å². The molecule has 1 N–H and O–H groups in total. The van der Waals surface area contributed by atoms with Crippen LogP contribution >= 0.6 is 0 Å². The molecule has 2 amide bonds. The van der Waals surface area contributed by atoms with Crippen LogP contribution in [0.3, 0.4) is 0 Å². The van der Waals surface area contributed by atoms with Gasteiger partial charge in [-0.1, -0.05) is 0 Å². The fourth-order valence-corrected chi connectivity index (χ4v) is 3.95. The Balaban J connectivity index is 1.39. The van der Waals surface area contributed by atoms with Crippen LogP contribution in [0.2, 0.25) is 0 Å². The summed E-state index contributed by atoms with van der Waals surface area (Å²) in [5, 5.41) is 2.56. The minimum atomic E-state index is -2.88. The predicted molar refractivity (Wildman–Crippen MR) is 112 cm³/mol. The van der Waals surface area contributed by atoms with Crippen LogP contribution in [0.1, 0.15) is 6.42 Å². The average Bonchev–Trinajstić information content (AvgIpc) is 3.38. The summed E-state index contributed by atoms with van der Waals surface area (Å²) < 4.78 is 48.6. The van der Waals surface area contributed by atoms with E-state index in [0.717, 1.165) is 23.8 Å². The van der Waals surface area contributed by atoms with Crippen molar-refractivity contribution in [3.05, 3.63) is 42.5 Å². The van der Waals surface area contributed by atoms with Gasteiger partial charge in [0.2, 0.25) is 5.78 Å².